The zero-order valence-corrected chi connectivity index (χ0v) is 11.5. The van der Waals surface area contributed by atoms with E-state index in [4.69, 9.17) is 17.3 Å². The molecule has 3 nitrogen and oxygen atoms in total. The third kappa shape index (κ3) is 4.08. The van der Waals surface area contributed by atoms with Crippen molar-refractivity contribution in [3.8, 4) is 0 Å². The fourth-order valence-electron chi connectivity index (χ4n) is 1.12. The summed E-state index contributed by atoms with van der Waals surface area (Å²) < 4.78 is 26.5. The molecule has 0 saturated heterocycles. The van der Waals surface area contributed by atoms with Crippen molar-refractivity contribution in [2.45, 2.75) is 19.4 Å². The molecule has 1 aromatic rings. The van der Waals surface area contributed by atoms with E-state index in [0.717, 1.165) is 12.1 Å². The van der Waals surface area contributed by atoms with Crippen LogP contribution in [0.3, 0.4) is 0 Å². The molecule has 0 aliphatic carbocycles. The molecule has 1 amide bonds. The molecule has 1 aromatic carbocycles. The molecule has 0 saturated carbocycles. The Morgan fingerprint density at radius 3 is 2.44 bits per heavy atom. The average Bonchev–Trinajstić information content (AvgIpc) is 2.22. The summed E-state index contributed by atoms with van der Waals surface area (Å²) in [6.45, 7) is 3.53. The van der Waals surface area contributed by atoms with E-state index in [-0.39, 0.29) is 24.0 Å². The number of benzene rings is 1. The van der Waals surface area contributed by atoms with Gasteiger partial charge in [0.05, 0.1) is 10.6 Å². The number of hydrogen-bond donors (Lipinski definition) is 2. The minimum atomic E-state index is -0.873. The number of nitrogens with two attached hydrogens (primary N) is 1. The van der Waals surface area contributed by atoms with Crippen molar-refractivity contribution < 1.29 is 13.6 Å². The van der Waals surface area contributed by atoms with Crippen LogP contribution in [0.1, 0.15) is 24.2 Å². The van der Waals surface area contributed by atoms with Gasteiger partial charge in [0.1, 0.15) is 11.6 Å². The van der Waals surface area contributed by atoms with Gasteiger partial charge in [-0.15, -0.1) is 12.4 Å². The van der Waals surface area contributed by atoms with E-state index in [9.17, 15) is 13.6 Å². The van der Waals surface area contributed by atoms with Crippen LogP contribution in [0.25, 0.3) is 0 Å². The Kier molecular flexibility index (Phi) is 5.99. The minimum absolute atomic E-state index is 0. The molecular weight excluding hydrogens is 285 g/mol. The smallest absolute Gasteiger partial charge is 0.254 e. The molecule has 0 bridgehead atoms. The third-order valence-corrected chi connectivity index (χ3v) is 2.51. The fourth-order valence-corrected chi connectivity index (χ4v) is 1.27. The highest BCUT2D eigenvalue weighted by Crippen LogP contribution is 2.19. The number of hydrogen-bond acceptors (Lipinski definition) is 2. The lowest BCUT2D eigenvalue weighted by atomic mass is 10.0. The molecule has 7 heteroatoms. The van der Waals surface area contributed by atoms with Crippen LogP contribution < -0.4 is 11.1 Å². The molecule has 0 aliphatic rings. The molecule has 102 valence electrons. The molecule has 1 rings (SSSR count). The quantitative estimate of drug-likeness (QED) is 0.843. The first-order chi connectivity index (χ1) is 7.76. The molecular formula is C11H14Cl2F2N2O. The summed E-state index contributed by atoms with van der Waals surface area (Å²) >= 11 is 5.38. The second-order valence-corrected chi connectivity index (χ2v) is 4.70. The summed E-state index contributed by atoms with van der Waals surface area (Å²) in [5, 5.41) is 2.13. The number of halogens is 4. The first-order valence-corrected chi connectivity index (χ1v) is 5.32. The monoisotopic (exact) mass is 298 g/mol. The Balaban J connectivity index is 0.00000289. The van der Waals surface area contributed by atoms with Crippen LogP contribution in [0.2, 0.25) is 5.02 Å². The molecule has 0 atom stereocenters. The second kappa shape index (κ2) is 6.31. The van der Waals surface area contributed by atoms with Crippen molar-refractivity contribution >= 4 is 29.9 Å². The van der Waals surface area contributed by atoms with Gasteiger partial charge in [-0.05, 0) is 26.0 Å². The Morgan fingerprint density at radius 2 is 1.94 bits per heavy atom. The van der Waals surface area contributed by atoms with Crippen LogP contribution in [0.5, 0.6) is 0 Å². The molecule has 18 heavy (non-hydrogen) atoms. The van der Waals surface area contributed by atoms with Gasteiger partial charge in [-0.3, -0.25) is 4.79 Å². The molecule has 0 fully saturated rings. The van der Waals surface area contributed by atoms with Gasteiger partial charge in [0.25, 0.3) is 5.91 Å². The molecule has 0 heterocycles. The van der Waals surface area contributed by atoms with Gasteiger partial charge in [-0.1, -0.05) is 11.6 Å². The Bertz CT molecular complexity index is 453. The lowest BCUT2D eigenvalue weighted by Crippen LogP contribution is -2.49. The molecule has 0 aromatic heterocycles. The van der Waals surface area contributed by atoms with Crippen molar-refractivity contribution in [3.05, 3.63) is 34.4 Å². The highest BCUT2D eigenvalue weighted by atomic mass is 35.5. The highest BCUT2D eigenvalue weighted by molar-refractivity contribution is 6.30. The standard InChI is InChI=1S/C11H13ClF2N2O.ClH/c1-11(2,5-15)16-10(17)6-3-9(14)7(12)4-8(6)13;/h3-4H,5,15H2,1-2H3,(H,16,17);1H. The van der Waals surface area contributed by atoms with Crippen molar-refractivity contribution in [1.29, 1.82) is 0 Å². The Morgan fingerprint density at radius 1 is 1.39 bits per heavy atom. The number of carbonyl (C=O) groups is 1. The number of nitrogens with one attached hydrogen (secondary N) is 1. The van der Waals surface area contributed by atoms with Gasteiger partial charge in [0.15, 0.2) is 0 Å². The highest BCUT2D eigenvalue weighted by Gasteiger charge is 2.22. The number of rotatable bonds is 3. The van der Waals surface area contributed by atoms with E-state index in [2.05, 4.69) is 5.32 Å². The van der Waals surface area contributed by atoms with Crippen molar-refractivity contribution in [1.82, 2.24) is 5.32 Å². The lowest BCUT2D eigenvalue weighted by Gasteiger charge is -2.24. The molecule has 0 radical (unpaired) electrons. The van der Waals surface area contributed by atoms with Crippen molar-refractivity contribution in [3.63, 3.8) is 0 Å². The van der Waals surface area contributed by atoms with Gasteiger partial charge >= 0.3 is 0 Å². The van der Waals surface area contributed by atoms with E-state index >= 15 is 0 Å². The predicted octanol–water partition coefficient (Wildman–Crippen LogP) is 2.51. The largest absolute Gasteiger partial charge is 0.346 e. The van der Waals surface area contributed by atoms with Crippen LogP contribution >= 0.6 is 24.0 Å². The number of carbonyl (C=O) groups excluding carboxylic acids is 1. The summed E-state index contributed by atoms with van der Waals surface area (Å²) in [6.07, 6.45) is 0. The maximum Gasteiger partial charge on any atom is 0.254 e. The van der Waals surface area contributed by atoms with Gasteiger partial charge < -0.3 is 11.1 Å². The van der Waals surface area contributed by atoms with E-state index in [1.807, 2.05) is 0 Å². The molecule has 0 unspecified atom stereocenters. The first kappa shape index (κ1) is 17.1. The van der Waals surface area contributed by atoms with Gasteiger partial charge in [-0.25, -0.2) is 8.78 Å². The van der Waals surface area contributed by atoms with E-state index in [0.29, 0.717) is 0 Å². The Labute approximate surface area is 115 Å². The van der Waals surface area contributed by atoms with Gasteiger partial charge in [0.2, 0.25) is 0 Å². The van der Waals surface area contributed by atoms with Gasteiger partial charge in [0, 0.05) is 12.1 Å². The summed E-state index contributed by atoms with van der Waals surface area (Å²) in [5.41, 5.74) is 4.33. The maximum absolute atomic E-state index is 13.4. The van der Waals surface area contributed by atoms with Gasteiger partial charge in [-0.2, -0.15) is 0 Å². The number of amides is 1. The molecule has 3 N–H and O–H groups in total. The topological polar surface area (TPSA) is 55.1 Å². The maximum atomic E-state index is 13.4. The Hall–Kier alpha value is -0.910. The summed E-state index contributed by atoms with van der Waals surface area (Å²) in [6, 6.07) is 1.53. The van der Waals surface area contributed by atoms with Crippen molar-refractivity contribution in [2.24, 2.45) is 5.73 Å². The second-order valence-electron chi connectivity index (χ2n) is 4.29. The van der Waals surface area contributed by atoms with Crippen LogP contribution in [0.15, 0.2) is 12.1 Å². The van der Waals surface area contributed by atoms with Crippen LogP contribution in [0, 0.1) is 11.6 Å². The lowest BCUT2D eigenvalue weighted by molar-refractivity contribution is 0.0911. The summed E-state index contributed by atoms with van der Waals surface area (Å²) in [5.74, 6) is -2.45. The van der Waals surface area contributed by atoms with E-state index < -0.39 is 28.6 Å². The zero-order valence-electron chi connectivity index (χ0n) is 9.89. The third-order valence-electron chi connectivity index (χ3n) is 2.22. The SMILES string of the molecule is CC(C)(CN)NC(=O)c1cc(F)c(Cl)cc1F.Cl. The zero-order chi connectivity index (χ0) is 13.2. The van der Waals surface area contributed by atoms with Crippen LogP contribution in [-0.2, 0) is 0 Å². The normalized spacial score (nSPS) is 10.8. The fraction of sp³-hybridized carbons (Fsp3) is 0.364. The van der Waals surface area contributed by atoms with Crippen LogP contribution in [0.4, 0.5) is 8.78 Å². The first-order valence-electron chi connectivity index (χ1n) is 4.94. The van der Waals surface area contributed by atoms with Crippen molar-refractivity contribution in [2.75, 3.05) is 6.54 Å². The van der Waals surface area contributed by atoms with Crippen LogP contribution in [-0.4, -0.2) is 18.0 Å². The molecule has 0 spiro atoms. The van der Waals surface area contributed by atoms with E-state index in [1.165, 1.54) is 0 Å². The average molecular weight is 299 g/mol. The minimum Gasteiger partial charge on any atom is -0.346 e. The predicted molar refractivity (Wildman–Crippen MR) is 69.2 cm³/mol. The summed E-state index contributed by atoms with van der Waals surface area (Å²) in [7, 11) is 0. The summed E-state index contributed by atoms with van der Waals surface area (Å²) in [4.78, 5) is 11.7. The van der Waals surface area contributed by atoms with E-state index in [1.54, 1.807) is 13.8 Å². The molecule has 0 aliphatic heterocycles.